The number of amides is 1. The highest BCUT2D eigenvalue weighted by Gasteiger charge is 2.23. The summed E-state index contributed by atoms with van der Waals surface area (Å²) in [5, 5.41) is 7.55. The minimum atomic E-state index is -0.213. The highest BCUT2D eigenvalue weighted by Crippen LogP contribution is 2.26. The van der Waals surface area contributed by atoms with Gasteiger partial charge in [-0.3, -0.25) is 4.79 Å². The lowest BCUT2D eigenvalue weighted by Gasteiger charge is -2.13. The summed E-state index contributed by atoms with van der Waals surface area (Å²) in [6.45, 7) is 8.88. The molecule has 3 aromatic heterocycles. The van der Waals surface area contributed by atoms with Gasteiger partial charge < -0.3 is 9.88 Å². The van der Waals surface area contributed by atoms with E-state index in [2.05, 4.69) is 57.1 Å². The van der Waals surface area contributed by atoms with Gasteiger partial charge in [-0.2, -0.15) is 9.78 Å². The van der Waals surface area contributed by atoms with Crippen LogP contribution in [0.3, 0.4) is 0 Å². The van der Waals surface area contributed by atoms with Crippen LogP contribution in [0.1, 0.15) is 43.9 Å². The zero-order valence-electron chi connectivity index (χ0n) is 15.2. The molecule has 0 aliphatic rings. The van der Waals surface area contributed by atoms with Crippen molar-refractivity contribution >= 4 is 27.7 Å². The lowest BCUT2D eigenvalue weighted by molar-refractivity contribution is 0.101. The SMILES string of the molecule is CCn1cc(Br)cc1C(=O)Nc1cc(C(C)(C)C)nn1-c1ncccn1. The Hall–Kier alpha value is -2.48. The number of carbonyl (C=O) groups excluding carboxylic acids is 1. The minimum Gasteiger partial charge on any atom is -0.343 e. The maximum atomic E-state index is 12.8. The Morgan fingerprint density at radius 1 is 1.23 bits per heavy atom. The summed E-state index contributed by atoms with van der Waals surface area (Å²) in [6, 6.07) is 5.40. The zero-order chi connectivity index (χ0) is 18.9. The van der Waals surface area contributed by atoms with Crippen molar-refractivity contribution in [3.63, 3.8) is 0 Å². The predicted molar refractivity (Wildman–Crippen MR) is 104 cm³/mol. The summed E-state index contributed by atoms with van der Waals surface area (Å²) in [6.07, 6.45) is 5.17. The Labute approximate surface area is 160 Å². The largest absolute Gasteiger partial charge is 0.343 e. The molecule has 0 aliphatic carbocycles. The normalized spacial score (nSPS) is 11.6. The number of aromatic nitrogens is 5. The highest BCUT2D eigenvalue weighted by atomic mass is 79.9. The number of aryl methyl sites for hydroxylation is 1. The third kappa shape index (κ3) is 3.70. The van der Waals surface area contributed by atoms with Crippen molar-refractivity contribution in [2.45, 2.75) is 39.7 Å². The first kappa shape index (κ1) is 18.3. The molecule has 3 heterocycles. The van der Waals surface area contributed by atoms with E-state index in [4.69, 9.17) is 0 Å². The van der Waals surface area contributed by atoms with Crippen LogP contribution >= 0.6 is 15.9 Å². The van der Waals surface area contributed by atoms with Crippen LogP contribution in [0.4, 0.5) is 5.82 Å². The van der Waals surface area contributed by atoms with Gasteiger partial charge in [0.15, 0.2) is 0 Å². The molecule has 3 aromatic rings. The molecule has 26 heavy (non-hydrogen) atoms. The molecule has 8 heteroatoms. The standard InChI is InChI=1S/C18H21BrN6O/c1-5-24-11-12(19)9-13(24)16(26)22-15-10-14(18(2,3)4)23-25(15)17-20-7-6-8-21-17/h6-11H,5H2,1-4H3,(H,22,26). The van der Waals surface area contributed by atoms with Gasteiger partial charge in [0.05, 0.1) is 5.69 Å². The lowest BCUT2D eigenvalue weighted by Crippen LogP contribution is -2.19. The monoisotopic (exact) mass is 416 g/mol. The van der Waals surface area contributed by atoms with Gasteiger partial charge in [-0.05, 0) is 35.0 Å². The zero-order valence-corrected chi connectivity index (χ0v) is 16.8. The number of nitrogens with one attached hydrogen (secondary N) is 1. The average Bonchev–Trinajstić information content (AvgIpc) is 3.19. The van der Waals surface area contributed by atoms with E-state index in [-0.39, 0.29) is 11.3 Å². The van der Waals surface area contributed by atoms with Crippen molar-refractivity contribution in [1.29, 1.82) is 0 Å². The van der Waals surface area contributed by atoms with Crippen LogP contribution in [0.2, 0.25) is 0 Å². The van der Waals surface area contributed by atoms with Gasteiger partial charge in [-0.1, -0.05) is 20.8 Å². The molecule has 0 saturated carbocycles. The average molecular weight is 417 g/mol. The summed E-state index contributed by atoms with van der Waals surface area (Å²) < 4.78 is 4.30. The Bertz CT molecular complexity index is 923. The molecular weight excluding hydrogens is 396 g/mol. The Morgan fingerprint density at radius 3 is 2.54 bits per heavy atom. The molecule has 1 N–H and O–H groups in total. The Kier molecular flexibility index (Phi) is 4.95. The summed E-state index contributed by atoms with van der Waals surface area (Å²) in [4.78, 5) is 21.3. The molecule has 0 radical (unpaired) electrons. The minimum absolute atomic E-state index is 0.174. The number of anilines is 1. The molecule has 0 saturated heterocycles. The van der Waals surface area contributed by atoms with Gasteiger partial charge in [0, 0.05) is 41.1 Å². The quantitative estimate of drug-likeness (QED) is 0.701. The van der Waals surface area contributed by atoms with E-state index in [1.165, 1.54) is 0 Å². The molecule has 0 aliphatic heterocycles. The molecule has 1 amide bonds. The molecule has 0 spiro atoms. The summed E-state index contributed by atoms with van der Waals surface area (Å²) in [5.74, 6) is 0.728. The van der Waals surface area contributed by atoms with E-state index in [9.17, 15) is 4.79 Å². The van der Waals surface area contributed by atoms with E-state index in [0.29, 0.717) is 24.0 Å². The van der Waals surface area contributed by atoms with Gasteiger partial charge in [0.1, 0.15) is 11.5 Å². The first-order valence-electron chi connectivity index (χ1n) is 8.34. The molecule has 0 bridgehead atoms. The summed E-state index contributed by atoms with van der Waals surface area (Å²) >= 11 is 3.42. The second-order valence-corrected chi connectivity index (χ2v) is 7.82. The fourth-order valence-corrected chi connectivity index (χ4v) is 2.96. The highest BCUT2D eigenvalue weighted by molar-refractivity contribution is 9.10. The van der Waals surface area contributed by atoms with E-state index in [1.54, 1.807) is 29.2 Å². The van der Waals surface area contributed by atoms with Gasteiger partial charge in [-0.25, -0.2) is 9.97 Å². The number of rotatable bonds is 4. The molecule has 7 nitrogen and oxygen atoms in total. The first-order valence-corrected chi connectivity index (χ1v) is 9.14. The molecule has 0 atom stereocenters. The summed E-state index contributed by atoms with van der Waals surface area (Å²) in [5.41, 5.74) is 1.23. The second kappa shape index (κ2) is 7.03. The van der Waals surface area contributed by atoms with Crippen molar-refractivity contribution in [3.05, 3.63) is 52.7 Å². The topological polar surface area (TPSA) is 77.6 Å². The van der Waals surface area contributed by atoms with Crippen molar-refractivity contribution < 1.29 is 4.79 Å². The number of nitrogens with zero attached hydrogens (tertiary/aromatic N) is 5. The molecule has 0 fully saturated rings. The Balaban J connectivity index is 2.01. The van der Waals surface area contributed by atoms with Crippen LogP contribution < -0.4 is 5.32 Å². The fraction of sp³-hybridized carbons (Fsp3) is 0.333. The predicted octanol–water partition coefficient (Wildman–Crippen LogP) is 3.80. The van der Waals surface area contributed by atoms with Crippen LogP contribution in [0, 0.1) is 0 Å². The first-order chi connectivity index (χ1) is 12.3. The van der Waals surface area contributed by atoms with Crippen LogP contribution in [-0.2, 0) is 12.0 Å². The third-order valence-electron chi connectivity index (χ3n) is 3.90. The van der Waals surface area contributed by atoms with E-state index in [1.807, 2.05) is 23.8 Å². The number of hydrogen-bond acceptors (Lipinski definition) is 4. The van der Waals surface area contributed by atoms with Gasteiger partial charge >= 0.3 is 0 Å². The molecule has 136 valence electrons. The van der Waals surface area contributed by atoms with E-state index >= 15 is 0 Å². The van der Waals surface area contributed by atoms with Gasteiger partial charge in [0.25, 0.3) is 11.9 Å². The number of halogens is 1. The third-order valence-corrected chi connectivity index (χ3v) is 4.33. The maximum absolute atomic E-state index is 12.8. The van der Waals surface area contributed by atoms with Crippen LogP contribution in [0.15, 0.2) is 41.3 Å². The van der Waals surface area contributed by atoms with Crippen molar-refractivity contribution in [3.8, 4) is 5.95 Å². The summed E-state index contributed by atoms with van der Waals surface area (Å²) in [7, 11) is 0. The molecule has 0 unspecified atom stereocenters. The Morgan fingerprint density at radius 2 is 1.92 bits per heavy atom. The van der Waals surface area contributed by atoms with Crippen molar-refractivity contribution in [2.24, 2.45) is 0 Å². The van der Waals surface area contributed by atoms with E-state index < -0.39 is 0 Å². The number of hydrogen-bond donors (Lipinski definition) is 1. The van der Waals surface area contributed by atoms with Crippen LogP contribution in [0.25, 0.3) is 5.95 Å². The fourth-order valence-electron chi connectivity index (χ4n) is 2.50. The van der Waals surface area contributed by atoms with Crippen molar-refractivity contribution in [1.82, 2.24) is 24.3 Å². The second-order valence-electron chi connectivity index (χ2n) is 6.91. The maximum Gasteiger partial charge on any atom is 0.273 e. The van der Waals surface area contributed by atoms with E-state index in [0.717, 1.165) is 10.2 Å². The molecule has 3 rings (SSSR count). The molecular formula is C18H21BrN6O. The lowest BCUT2D eigenvalue weighted by atomic mass is 9.92. The number of carbonyl (C=O) groups is 1. The van der Waals surface area contributed by atoms with Crippen LogP contribution in [-0.4, -0.2) is 30.2 Å². The molecule has 0 aromatic carbocycles. The van der Waals surface area contributed by atoms with Crippen LogP contribution in [0.5, 0.6) is 0 Å². The van der Waals surface area contributed by atoms with Gasteiger partial charge in [0.2, 0.25) is 0 Å². The van der Waals surface area contributed by atoms with Crippen molar-refractivity contribution in [2.75, 3.05) is 5.32 Å². The van der Waals surface area contributed by atoms with Gasteiger partial charge in [-0.15, -0.1) is 0 Å². The smallest absolute Gasteiger partial charge is 0.273 e.